The number of aromatic nitrogens is 1. The van der Waals surface area contributed by atoms with Gasteiger partial charge in [-0.05, 0) is 39.0 Å². The molecule has 0 fully saturated rings. The number of benzene rings is 1. The van der Waals surface area contributed by atoms with Gasteiger partial charge >= 0.3 is 12.3 Å². The van der Waals surface area contributed by atoms with Crippen molar-refractivity contribution in [1.29, 1.82) is 0 Å². The van der Waals surface area contributed by atoms with E-state index >= 15 is 0 Å². The smallest absolute Gasteiger partial charge is 0.387 e. The van der Waals surface area contributed by atoms with Crippen LogP contribution in [0.2, 0.25) is 5.15 Å². The van der Waals surface area contributed by atoms with E-state index in [1.165, 1.54) is 30.5 Å². The Morgan fingerprint density at radius 1 is 1.38 bits per heavy atom. The first-order valence-corrected chi connectivity index (χ1v) is 11.4. The van der Waals surface area contributed by atoms with Crippen LogP contribution in [0.25, 0.3) is 0 Å². The van der Waals surface area contributed by atoms with Gasteiger partial charge < -0.3 is 10.1 Å². The Kier molecular flexibility index (Phi) is 9.05. The van der Waals surface area contributed by atoms with Gasteiger partial charge in [-0.15, -0.1) is 0 Å². The van der Waals surface area contributed by atoms with Crippen LogP contribution in [-0.4, -0.2) is 31.7 Å². The average Bonchev–Trinajstić information content (AvgIpc) is 2.66. The molecule has 1 aromatic carbocycles. The number of hydrogen-bond donors (Lipinski definition) is 1. The van der Waals surface area contributed by atoms with Crippen LogP contribution in [0.3, 0.4) is 0 Å². The molecule has 32 heavy (non-hydrogen) atoms. The number of alkyl halides is 2. The van der Waals surface area contributed by atoms with Crippen molar-refractivity contribution in [2.75, 3.05) is 5.32 Å². The highest BCUT2D eigenvalue weighted by molar-refractivity contribution is 9.10. The molecule has 1 aromatic heterocycles. The molecule has 2 atom stereocenters. The number of ether oxygens (including phenoxy) is 1. The molecule has 0 spiro atoms. The zero-order chi connectivity index (χ0) is 24.1. The zero-order valence-electron chi connectivity index (χ0n) is 17.2. The summed E-state index contributed by atoms with van der Waals surface area (Å²) in [6.45, 7) is 2.15. The molecule has 0 amide bonds. The molecule has 0 radical (unpaired) electrons. The standard InChI is InChI=1S/C19H20BrClF2N4O4S/c1-19(2,3)32(30)24-10-9-12(16-11(20)5-4-6-14(16)31-18(22)23)25-17-13(27(28)29)7-8-15(21)26-17/h4-8,10,12,18H,9H2,1-3H3,(H,25,26)/t12-,32?/m1/s1. The van der Waals surface area contributed by atoms with Crippen molar-refractivity contribution in [2.24, 2.45) is 4.40 Å². The summed E-state index contributed by atoms with van der Waals surface area (Å²) in [5.41, 5.74) is -0.116. The van der Waals surface area contributed by atoms with Crippen LogP contribution in [-0.2, 0) is 11.0 Å². The van der Waals surface area contributed by atoms with Crippen LogP contribution < -0.4 is 10.1 Å². The largest absolute Gasteiger partial charge is 0.434 e. The van der Waals surface area contributed by atoms with Crippen molar-refractivity contribution in [2.45, 2.75) is 44.6 Å². The van der Waals surface area contributed by atoms with Crippen molar-refractivity contribution in [3.8, 4) is 5.75 Å². The van der Waals surface area contributed by atoms with Gasteiger partial charge in [-0.3, -0.25) is 10.1 Å². The summed E-state index contributed by atoms with van der Waals surface area (Å²) >= 11 is 9.22. The molecule has 0 aliphatic carbocycles. The lowest BCUT2D eigenvalue weighted by Gasteiger charge is -2.22. The Hall–Kier alpha value is -2.18. The summed E-state index contributed by atoms with van der Waals surface area (Å²) in [5.74, 6) is -0.321. The SMILES string of the molecule is CC(C)(C)S(=O)N=CC[C@@H](Nc1nc(Cl)ccc1[N+](=O)[O-])c1c(Br)cccc1OC(F)F. The van der Waals surface area contributed by atoms with Crippen molar-refractivity contribution in [1.82, 2.24) is 4.98 Å². The summed E-state index contributed by atoms with van der Waals surface area (Å²) in [6, 6.07) is 6.01. The molecule has 13 heteroatoms. The number of pyridine rings is 1. The third-order valence-electron chi connectivity index (χ3n) is 3.96. The monoisotopic (exact) mass is 552 g/mol. The molecule has 0 aliphatic rings. The molecule has 0 bridgehead atoms. The molecule has 0 saturated carbocycles. The summed E-state index contributed by atoms with van der Waals surface area (Å²) in [4.78, 5) is 14.7. The van der Waals surface area contributed by atoms with E-state index in [-0.39, 0.29) is 34.4 Å². The number of nitrogens with one attached hydrogen (secondary N) is 1. The second-order valence-corrected chi connectivity index (χ2v) is 10.5. The molecular formula is C19H20BrClF2N4O4S. The molecule has 174 valence electrons. The molecule has 1 N–H and O–H groups in total. The van der Waals surface area contributed by atoms with Gasteiger partial charge in [-0.25, -0.2) is 9.19 Å². The molecule has 0 saturated heterocycles. The maximum atomic E-state index is 13.0. The lowest BCUT2D eigenvalue weighted by atomic mass is 10.0. The minimum Gasteiger partial charge on any atom is -0.434 e. The van der Waals surface area contributed by atoms with Crippen molar-refractivity contribution in [3.05, 3.63) is 55.6 Å². The Balaban J connectivity index is 2.53. The number of halogens is 4. The van der Waals surface area contributed by atoms with Crippen LogP contribution in [0.15, 0.2) is 39.2 Å². The van der Waals surface area contributed by atoms with Gasteiger partial charge in [0.05, 0.1) is 15.7 Å². The Labute approximate surface area is 199 Å². The van der Waals surface area contributed by atoms with Crippen molar-refractivity contribution < 1.29 is 22.6 Å². The van der Waals surface area contributed by atoms with Crippen LogP contribution in [0.4, 0.5) is 20.3 Å². The summed E-state index contributed by atoms with van der Waals surface area (Å²) in [6.07, 6.45) is 1.39. The predicted octanol–water partition coefficient (Wildman–Crippen LogP) is 6.08. The van der Waals surface area contributed by atoms with Gasteiger partial charge in [0.15, 0.2) is 0 Å². The number of rotatable bonds is 9. The van der Waals surface area contributed by atoms with E-state index in [0.29, 0.717) is 4.47 Å². The van der Waals surface area contributed by atoms with Crippen LogP contribution in [0.5, 0.6) is 5.75 Å². The third-order valence-corrected chi connectivity index (χ3v) is 6.25. The summed E-state index contributed by atoms with van der Waals surface area (Å²) in [7, 11) is -1.56. The van der Waals surface area contributed by atoms with E-state index in [1.54, 1.807) is 26.8 Å². The minimum absolute atomic E-state index is 0.00413. The van der Waals surface area contributed by atoms with E-state index in [9.17, 15) is 23.1 Å². The Bertz CT molecular complexity index is 1040. The fraction of sp³-hybridized carbons (Fsp3) is 0.368. The fourth-order valence-corrected chi connectivity index (χ4v) is 3.83. The lowest BCUT2D eigenvalue weighted by Crippen LogP contribution is -2.20. The highest BCUT2D eigenvalue weighted by Crippen LogP contribution is 2.38. The Morgan fingerprint density at radius 2 is 2.06 bits per heavy atom. The number of anilines is 1. The predicted molar refractivity (Wildman–Crippen MR) is 124 cm³/mol. The highest BCUT2D eigenvalue weighted by Gasteiger charge is 2.25. The van der Waals surface area contributed by atoms with Crippen LogP contribution in [0, 0.1) is 10.1 Å². The average molecular weight is 554 g/mol. The third kappa shape index (κ3) is 7.17. The molecule has 0 aliphatic heterocycles. The normalized spacial score (nSPS) is 13.9. The number of nitrogens with zero attached hydrogens (tertiary/aromatic N) is 3. The summed E-state index contributed by atoms with van der Waals surface area (Å²) < 4.78 is 46.7. The second kappa shape index (κ2) is 11.1. The second-order valence-electron chi connectivity index (χ2n) is 7.37. The molecule has 1 unspecified atom stereocenters. The van der Waals surface area contributed by atoms with E-state index < -0.39 is 33.3 Å². The molecule has 8 nitrogen and oxygen atoms in total. The van der Waals surface area contributed by atoms with Gasteiger partial charge in [-0.2, -0.15) is 13.2 Å². The van der Waals surface area contributed by atoms with Gasteiger partial charge in [0, 0.05) is 28.7 Å². The number of hydrogen-bond acceptors (Lipinski definition) is 6. The Morgan fingerprint density at radius 3 is 2.66 bits per heavy atom. The first-order chi connectivity index (χ1) is 14.9. The number of nitro groups is 1. The minimum atomic E-state index is -3.09. The van der Waals surface area contributed by atoms with E-state index in [4.69, 9.17) is 11.6 Å². The fourth-order valence-electron chi connectivity index (χ4n) is 2.52. The van der Waals surface area contributed by atoms with Crippen LogP contribution >= 0.6 is 27.5 Å². The van der Waals surface area contributed by atoms with Crippen molar-refractivity contribution >= 4 is 56.2 Å². The van der Waals surface area contributed by atoms with E-state index in [1.807, 2.05) is 0 Å². The quantitative estimate of drug-likeness (QED) is 0.174. The van der Waals surface area contributed by atoms with Gasteiger partial charge in [0.25, 0.3) is 0 Å². The van der Waals surface area contributed by atoms with E-state index in [2.05, 4.69) is 35.4 Å². The van der Waals surface area contributed by atoms with Gasteiger partial charge in [-0.1, -0.05) is 33.6 Å². The highest BCUT2D eigenvalue weighted by atomic mass is 79.9. The first kappa shape index (κ1) is 26.1. The molecule has 2 rings (SSSR count). The first-order valence-electron chi connectivity index (χ1n) is 9.15. The van der Waals surface area contributed by atoms with Gasteiger partial charge in [0.1, 0.15) is 21.9 Å². The topological polar surface area (TPSA) is 107 Å². The zero-order valence-corrected chi connectivity index (χ0v) is 20.4. The maximum Gasteiger partial charge on any atom is 0.387 e. The summed E-state index contributed by atoms with van der Waals surface area (Å²) in [5, 5.41) is 14.3. The lowest BCUT2D eigenvalue weighted by molar-refractivity contribution is -0.384. The van der Waals surface area contributed by atoms with Crippen molar-refractivity contribution in [3.63, 3.8) is 0 Å². The molecule has 1 heterocycles. The molecular weight excluding hydrogens is 534 g/mol. The van der Waals surface area contributed by atoms with E-state index in [0.717, 1.165) is 0 Å². The maximum absolute atomic E-state index is 13.0. The molecule has 2 aromatic rings. The van der Waals surface area contributed by atoms with Crippen LogP contribution in [0.1, 0.15) is 38.8 Å². The van der Waals surface area contributed by atoms with Gasteiger partial charge in [0.2, 0.25) is 5.82 Å².